The molecule has 2 saturated carbocycles. The molecule has 0 atom stereocenters. The lowest BCUT2D eigenvalue weighted by molar-refractivity contribution is 0.0637. The maximum Gasteiger partial charge on any atom is 0.119 e. The summed E-state index contributed by atoms with van der Waals surface area (Å²) >= 11 is 0. The van der Waals surface area contributed by atoms with Gasteiger partial charge in [0.15, 0.2) is 0 Å². The molecule has 0 bridgehead atoms. The van der Waals surface area contributed by atoms with E-state index < -0.39 is 0 Å². The molecule has 0 saturated heterocycles. The molecule has 2 N–H and O–H groups in total. The highest BCUT2D eigenvalue weighted by atomic mass is 16.5. The first-order chi connectivity index (χ1) is 18.9. The van der Waals surface area contributed by atoms with Gasteiger partial charge in [-0.25, -0.2) is 0 Å². The number of ether oxygens (including phenoxy) is 2. The fourth-order valence-corrected chi connectivity index (χ4v) is 6.96. The van der Waals surface area contributed by atoms with Crippen molar-refractivity contribution in [3.8, 4) is 11.5 Å². The Labute approximate surface area is 251 Å². The molecular weight excluding hydrogens is 504 g/mol. The molecule has 0 aromatic heterocycles. The van der Waals surface area contributed by atoms with Crippen LogP contribution in [0.2, 0.25) is 0 Å². The molecule has 0 radical (unpaired) electrons. The monoisotopic (exact) mass is 562 g/mol. The van der Waals surface area contributed by atoms with Crippen molar-refractivity contribution in [2.75, 3.05) is 0 Å². The molecule has 41 heavy (non-hydrogen) atoms. The van der Waals surface area contributed by atoms with Crippen LogP contribution in [0.25, 0.3) is 0 Å². The van der Waals surface area contributed by atoms with Crippen molar-refractivity contribution >= 4 is 0 Å². The fraction of sp³-hybridized carbons (Fsp3) is 0.676. The van der Waals surface area contributed by atoms with Crippen molar-refractivity contribution in [1.29, 1.82) is 0 Å². The van der Waals surface area contributed by atoms with Crippen molar-refractivity contribution in [2.45, 2.75) is 150 Å². The molecule has 2 aromatic rings. The minimum Gasteiger partial charge on any atom is -0.490 e. The van der Waals surface area contributed by atoms with E-state index in [9.17, 15) is 0 Å². The second-order valence-corrected chi connectivity index (χ2v) is 16.8. The van der Waals surface area contributed by atoms with Gasteiger partial charge >= 0.3 is 0 Å². The molecule has 4 heteroatoms. The summed E-state index contributed by atoms with van der Waals surface area (Å²) in [7, 11) is 0. The first-order valence-electron chi connectivity index (χ1n) is 16.0. The topological polar surface area (TPSA) is 42.5 Å². The van der Waals surface area contributed by atoms with Gasteiger partial charge in [0.25, 0.3) is 0 Å². The van der Waals surface area contributed by atoms with E-state index in [-0.39, 0.29) is 16.5 Å². The number of hydrogen-bond donors (Lipinski definition) is 2. The average Bonchev–Trinajstić information content (AvgIpc) is 2.75. The van der Waals surface area contributed by atoms with E-state index in [1.54, 1.807) is 0 Å². The van der Waals surface area contributed by atoms with Crippen molar-refractivity contribution in [3.63, 3.8) is 0 Å². The number of nitrogens with one attached hydrogen (secondary N) is 2. The summed E-state index contributed by atoms with van der Waals surface area (Å²) in [5.74, 6) is 1.99. The molecule has 4 rings (SSSR count). The van der Waals surface area contributed by atoms with Gasteiger partial charge in [0, 0.05) is 23.2 Å². The summed E-state index contributed by atoms with van der Waals surface area (Å²) in [5.41, 5.74) is 3.49. The van der Waals surface area contributed by atoms with E-state index in [4.69, 9.17) is 9.47 Å². The van der Waals surface area contributed by atoms with Gasteiger partial charge in [0.05, 0.1) is 0 Å². The van der Waals surface area contributed by atoms with Crippen LogP contribution < -0.4 is 20.1 Å². The van der Waals surface area contributed by atoms with Crippen LogP contribution in [0.1, 0.15) is 112 Å². The summed E-state index contributed by atoms with van der Waals surface area (Å²) in [6.45, 7) is 23.0. The minimum absolute atomic E-state index is 0.0681. The normalized spacial score (nSPS) is 23.5. The first-order valence-corrected chi connectivity index (χ1v) is 16.0. The minimum atomic E-state index is 0.0681. The van der Waals surface area contributed by atoms with Crippen molar-refractivity contribution in [1.82, 2.24) is 10.6 Å². The van der Waals surface area contributed by atoms with E-state index in [2.05, 4.69) is 128 Å². The lowest BCUT2D eigenvalue weighted by atomic mass is 9.75. The van der Waals surface area contributed by atoms with Gasteiger partial charge in [0.1, 0.15) is 23.7 Å². The predicted molar refractivity (Wildman–Crippen MR) is 173 cm³/mol. The first kappa shape index (κ1) is 31.9. The molecule has 228 valence electrons. The molecule has 0 unspecified atom stereocenters. The summed E-state index contributed by atoms with van der Waals surface area (Å²) in [5, 5.41) is 7.61. The van der Waals surface area contributed by atoms with Gasteiger partial charge in [-0.3, -0.25) is 0 Å². The third-order valence-electron chi connectivity index (χ3n) is 8.21. The molecule has 2 aliphatic rings. The Morgan fingerprint density at radius 1 is 0.585 bits per heavy atom. The Hall–Kier alpha value is -2.04. The molecule has 2 aliphatic carbocycles. The maximum atomic E-state index is 6.28. The lowest BCUT2D eigenvalue weighted by Crippen LogP contribution is -2.55. The van der Waals surface area contributed by atoms with E-state index in [0.717, 1.165) is 56.4 Å². The lowest BCUT2D eigenvalue weighted by Gasteiger charge is -2.44. The summed E-state index contributed by atoms with van der Waals surface area (Å²) < 4.78 is 12.5. The van der Waals surface area contributed by atoms with Gasteiger partial charge in [0.2, 0.25) is 0 Å². The molecule has 0 aliphatic heterocycles. The average molecular weight is 563 g/mol. The summed E-state index contributed by atoms with van der Waals surface area (Å²) in [4.78, 5) is 0. The fourth-order valence-electron chi connectivity index (χ4n) is 6.96. The Bertz CT molecular complexity index is 1090. The summed E-state index contributed by atoms with van der Waals surface area (Å²) in [6, 6.07) is 18.6. The van der Waals surface area contributed by atoms with Crippen LogP contribution in [-0.4, -0.2) is 35.4 Å². The molecule has 0 amide bonds. The Morgan fingerprint density at radius 3 is 1.41 bits per heavy atom. The third kappa shape index (κ3) is 10.6. The molecule has 2 aromatic carbocycles. The molecular formula is C37H58N2O2. The largest absolute Gasteiger partial charge is 0.490 e. The molecule has 2 fully saturated rings. The molecule has 0 spiro atoms. The molecule has 0 heterocycles. The van der Waals surface area contributed by atoms with Crippen molar-refractivity contribution < 1.29 is 9.47 Å². The highest BCUT2D eigenvalue weighted by Crippen LogP contribution is 2.35. The van der Waals surface area contributed by atoms with Gasteiger partial charge in [-0.1, -0.05) is 58.9 Å². The van der Waals surface area contributed by atoms with E-state index in [1.807, 2.05) is 0 Å². The number of rotatable bonds is 12. The Kier molecular flexibility index (Phi) is 9.56. The molecule has 4 nitrogen and oxygen atoms in total. The van der Waals surface area contributed by atoms with Gasteiger partial charge < -0.3 is 20.1 Å². The standard InChI is InChI=1S/C37H58N2O2/c1-34(2,3)23-26-11-15-30(16-12-26)41-33-21-29(22-33)39-37(9,10)25-36(7,8)24-27-13-17-31(18-14-27)40-32-19-28(20-32)38-35(4,5)6/h11-18,28-29,32-33,38-39H,19-25H2,1-10H3. The smallest absolute Gasteiger partial charge is 0.119 e. The van der Waals surface area contributed by atoms with Crippen molar-refractivity contribution in [3.05, 3.63) is 59.7 Å². The van der Waals surface area contributed by atoms with Gasteiger partial charge in [-0.2, -0.15) is 0 Å². The van der Waals surface area contributed by atoms with Crippen LogP contribution in [0.4, 0.5) is 0 Å². The van der Waals surface area contributed by atoms with Crippen molar-refractivity contribution in [2.24, 2.45) is 10.8 Å². The highest BCUT2D eigenvalue weighted by molar-refractivity contribution is 5.29. The number of hydrogen-bond acceptors (Lipinski definition) is 4. The van der Waals surface area contributed by atoms with Crippen LogP contribution in [0, 0.1) is 10.8 Å². The second kappa shape index (κ2) is 12.3. The van der Waals surface area contributed by atoms with E-state index in [0.29, 0.717) is 29.7 Å². The summed E-state index contributed by atoms with van der Waals surface area (Å²) in [6.07, 6.45) is 8.22. The highest BCUT2D eigenvalue weighted by Gasteiger charge is 2.37. The van der Waals surface area contributed by atoms with E-state index >= 15 is 0 Å². The van der Waals surface area contributed by atoms with Gasteiger partial charge in [-0.05, 0) is 126 Å². The number of benzene rings is 2. The Morgan fingerprint density at radius 2 is 1.00 bits per heavy atom. The third-order valence-corrected chi connectivity index (χ3v) is 8.21. The van der Waals surface area contributed by atoms with Gasteiger partial charge in [-0.15, -0.1) is 0 Å². The second-order valence-electron chi connectivity index (χ2n) is 16.8. The predicted octanol–water partition coefficient (Wildman–Crippen LogP) is 8.51. The SMILES string of the molecule is CC(C)(C)Cc1ccc(OC2CC(NC(C)(C)CC(C)(C)Cc3ccc(OC4CC(NC(C)(C)C)C4)cc3)C2)cc1. The maximum absolute atomic E-state index is 6.28. The zero-order chi connectivity index (χ0) is 30.1. The van der Waals surface area contributed by atoms with Crippen LogP contribution in [0.5, 0.6) is 11.5 Å². The van der Waals surface area contributed by atoms with Crippen LogP contribution in [-0.2, 0) is 12.8 Å². The van der Waals surface area contributed by atoms with Crippen LogP contribution in [0.3, 0.4) is 0 Å². The van der Waals surface area contributed by atoms with Crippen LogP contribution in [0.15, 0.2) is 48.5 Å². The van der Waals surface area contributed by atoms with Crippen LogP contribution >= 0.6 is 0 Å². The zero-order valence-electron chi connectivity index (χ0n) is 27.7. The van der Waals surface area contributed by atoms with E-state index in [1.165, 1.54) is 11.1 Å². The Balaban J connectivity index is 1.17. The zero-order valence-corrected chi connectivity index (χ0v) is 27.7. The quantitative estimate of drug-likeness (QED) is 0.272.